The predicted octanol–water partition coefficient (Wildman–Crippen LogP) is 1.47. The van der Waals surface area contributed by atoms with Gasteiger partial charge in [0, 0.05) is 18.8 Å². The van der Waals surface area contributed by atoms with Crippen LogP contribution in [0.25, 0.3) is 0 Å². The summed E-state index contributed by atoms with van der Waals surface area (Å²) < 4.78 is 5.83. The summed E-state index contributed by atoms with van der Waals surface area (Å²) in [5.41, 5.74) is 1.91. The summed E-state index contributed by atoms with van der Waals surface area (Å²) in [4.78, 5) is 14.2. The highest BCUT2D eigenvalue weighted by Crippen LogP contribution is 2.25. The molecule has 3 rings (SSSR count). The summed E-state index contributed by atoms with van der Waals surface area (Å²) in [5.74, 6) is 0. The van der Waals surface area contributed by atoms with Gasteiger partial charge in [-0.3, -0.25) is 4.90 Å². The Bertz CT molecular complexity index is 759. The number of aliphatic hydroxyl groups is 2. The molecule has 0 spiro atoms. The van der Waals surface area contributed by atoms with E-state index in [0.717, 1.165) is 13.0 Å². The Labute approximate surface area is 171 Å². The van der Waals surface area contributed by atoms with Crippen molar-refractivity contribution in [2.24, 2.45) is 0 Å². The van der Waals surface area contributed by atoms with Gasteiger partial charge in [-0.05, 0) is 31.2 Å². The number of nitrogens with zero attached hydrogens (tertiary/aromatic N) is 1. The van der Waals surface area contributed by atoms with Gasteiger partial charge in [0.2, 0.25) is 0 Å². The molecule has 0 bridgehead atoms. The minimum atomic E-state index is -0.829. The molecule has 0 saturated carbocycles. The summed E-state index contributed by atoms with van der Waals surface area (Å²) in [7, 11) is 1.93. The molecule has 4 atom stereocenters. The number of benzene rings is 2. The molecule has 156 valence electrons. The molecule has 0 aliphatic carbocycles. The van der Waals surface area contributed by atoms with Crippen LogP contribution in [-0.2, 0) is 11.2 Å². The zero-order valence-corrected chi connectivity index (χ0v) is 16.6. The van der Waals surface area contributed by atoms with Crippen molar-refractivity contribution in [1.29, 1.82) is 0 Å². The molecular weight excluding hydrogens is 370 g/mol. The number of anilines is 1. The van der Waals surface area contributed by atoms with Gasteiger partial charge < -0.3 is 25.6 Å². The molecule has 0 radical (unpaired) electrons. The van der Waals surface area contributed by atoms with Gasteiger partial charge in [-0.15, -0.1) is 0 Å². The van der Waals surface area contributed by atoms with E-state index in [2.05, 4.69) is 22.8 Å². The molecule has 7 heteroatoms. The van der Waals surface area contributed by atoms with Crippen molar-refractivity contribution < 1.29 is 19.7 Å². The largest absolute Gasteiger partial charge is 0.394 e. The number of hydrogen-bond donors (Lipinski definition) is 4. The van der Waals surface area contributed by atoms with Crippen LogP contribution in [0.5, 0.6) is 0 Å². The Balaban J connectivity index is 1.57. The maximum Gasteiger partial charge on any atom is 0.319 e. The highest BCUT2D eigenvalue weighted by Gasteiger charge is 2.45. The summed E-state index contributed by atoms with van der Waals surface area (Å²) in [5, 5.41) is 25.7. The summed E-state index contributed by atoms with van der Waals surface area (Å²) in [6.45, 7) is 0.684. The minimum absolute atomic E-state index is 0.229. The first-order valence-corrected chi connectivity index (χ1v) is 9.87. The lowest BCUT2D eigenvalue weighted by Crippen LogP contribution is -2.50. The Hall–Kier alpha value is -2.45. The first kappa shape index (κ1) is 21.3. The van der Waals surface area contributed by atoms with E-state index in [4.69, 9.17) is 4.74 Å². The third kappa shape index (κ3) is 5.77. The number of carbonyl (C=O) groups excluding carboxylic acids is 1. The van der Waals surface area contributed by atoms with Gasteiger partial charge in [0.05, 0.1) is 18.8 Å². The second kappa shape index (κ2) is 10.4. The quantitative estimate of drug-likeness (QED) is 0.539. The van der Waals surface area contributed by atoms with Gasteiger partial charge >= 0.3 is 6.03 Å². The van der Waals surface area contributed by atoms with Crippen LogP contribution in [0.1, 0.15) is 5.56 Å². The van der Waals surface area contributed by atoms with Crippen LogP contribution in [0.3, 0.4) is 0 Å². The van der Waals surface area contributed by atoms with Crippen molar-refractivity contribution in [2.75, 3.05) is 32.1 Å². The first-order valence-electron chi connectivity index (χ1n) is 9.87. The van der Waals surface area contributed by atoms with Gasteiger partial charge in [-0.2, -0.15) is 0 Å². The number of rotatable bonds is 8. The van der Waals surface area contributed by atoms with E-state index < -0.39 is 18.3 Å². The molecule has 2 aromatic carbocycles. The monoisotopic (exact) mass is 399 g/mol. The van der Waals surface area contributed by atoms with Gasteiger partial charge in [0.25, 0.3) is 0 Å². The van der Waals surface area contributed by atoms with Crippen LogP contribution in [0.4, 0.5) is 10.5 Å². The average Bonchev–Trinajstić information content (AvgIpc) is 3.07. The summed E-state index contributed by atoms with van der Waals surface area (Å²) >= 11 is 0. The molecule has 1 saturated heterocycles. The fourth-order valence-electron chi connectivity index (χ4n) is 3.68. The van der Waals surface area contributed by atoms with Crippen molar-refractivity contribution in [3.63, 3.8) is 0 Å². The maximum absolute atomic E-state index is 12.2. The lowest BCUT2D eigenvalue weighted by molar-refractivity contribution is -0.0205. The number of amides is 2. The van der Waals surface area contributed by atoms with Crippen molar-refractivity contribution in [1.82, 2.24) is 10.2 Å². The lowest BCUT2D eigenvalue weighted by Gasteiger charge is -2.30. The number of para-hydroxylation sites is 1. The second-order valence-corrected chi connectivity index (χ2v) is 7.29. The van der Waals surface area contributed by atoms with Gasteiger partial charge in [-0.1, -0.05) is 48.5 Å². The average molecular weight is 399 g/mol. The van der Waals surface area contributed by atoms with Crippen LogP contribution < -0.4 is 10.6 Å². The number of hydrogen-bond acceptors (Lipinski definition) is 5. The molecule has 2 aromatic rings. The molecule has 4 N–H and O–H groups in total. The van der Waals surface area contributed by atoms with E-state index in [9.17, 15) is 15.0 Å². The molecule has 7 nitrogen and oxygen atoms in total. The van der Waals surface area contributed by atoms with Crippen molar-refractivity contribution in [3.05, 3.63) is 66.2 Å². The summed E-state index contributed by atoms with van der Waals surface area (Å²) in [6, 6.07) is 18.6. The molecule has 0 aromatic heterocycles. The first-order chi connectivity index (χ1) is 14.1. The number of carbonyl (C=O) groups is 1. The van der Waals surface area contributed by atoms with Crippen LogP contribution in [0.15, 0.2) is 60.7 Å². The van der Waals surface area contributed by atoms with E-state index in [1.54, 1.807) is 12.1 Å². The number of urea groups is 1. The normalized spacial score (nSPS) is 23.9. The van der Waals surface area contributed by atoms with Crippen LogP contribution in [-0.4, -0.2) is 72.2 Å². The fourth-order valence-corrected chi connectivity index (χ4v) is 3.68. The number of likely N-dealkylation sites (N-methyl/N-ethyl adjacent to an activating group) is 1. The third-order valence-electron chi connectivity index (χ3n) is 5.24. The topological polar surface area (TPSA) is 94.1 Å². The Morgan fingerprint density at radius 3 is 2.38 bits per heavy atom. The van der Waals surface area contributed by atoms with E-state index in [-0.39, 0.29) is 25.2 Å². The highest BCUT2D eigenvalue weighted by molar-refractivity contribution is 5.89. The van der Waals surface area contributed by atoms with Crippen LogP contribution in [0.2, 0.25) is 0 Å². The van der Waals surface area contributed by atoms with E-state index in [0.29, 0.717) is 5.69 Å². The molecule has 1 heterocycles. The minimum Gasteiger partial charge on any atom is -0.394 e. The van der Waals surface area contributed by atoms with E-state index >= 15 is 0 Å². The number of nitrogens with one attached hydrogen (secondary N) is 2. The SMILES string of the molecule is CN(CCc1ccccc1)C1C(CNC(=O)Nc2ccccc2)OC(CO)C1O. The zero-order chi connectivity index (χ0) is 20.6. The van der Waals surface area contributed by atoms with Gasteiger partial charge in [0.15, 0.2) is 0 Å². The smallest absolute Gasteiger partial charge is 0.319 e. The highest BCUT2D eigenvalue weighted by atomic mass is 16.5. The number of aliphatic hydroxyl groups excluding tert-OH is 2. The second-order valence-electron chi connectivity index (χ2n) is 7.29. The van der Waals surface area contributed by atoms with E-state index in [1.165, 1.54) is 5.56 Å². The molecular formula is C22H29N3O4. The third-order valence-corrected chi connectivity index (χ3v) is 5.24. The maximum atomic E-state index is 12.2. The summed E-state index contributed by atoms with van der Waals surface area (Å²) in [6.07, 6.45) is -1.09. The molecule has 2 amide bonds. The van der Waals surface area contributed by atoms with E-state index in [1.807, 2.05) is 48.3 Å². The number of ether oxygens (including phenoxy) is 1. The van der Waals surface area contributed by atoms with Crippen LogP contribution in [0, 0.1) is 0 Å². The molecule has 1 fully saturated rings. The molecule has 29 heavy (non-hydrogen) atoms. The van der Waals surface area contributed by atoms with Gasteiger partial charge in [0.1, 0.15) is 12.2 Å². The Kier molecular flexibility index (Phi) is 7.60. The van der Waals surface area contributed by atoms with Crippen LogP contribution >= 0.6 is 0 Å². The molecule has 1 aliphatic rings. The molecule has 1 aliphatic heterocycles. The molecule has 4 unspecified atom stereocenters. The standard InChI is InChI=1S/C22H29N3O4/c1-25(13-12-16-8-4-2-5-9-16)20-18(29-19(15-26)21(20)27)14-23-22(28)24-17-10-6-3-7-11-17/h2-11,18-21,26-27H,12-15H2,1H3,(H2,23,24,28). The van der Waals surface area contributed by atoms with Crippen molar-refractivity contribution in [3.8, 4) is 0 Å². The Morgan fingerprint density at radius 1 is 1.07 bits per heavy atom. The predicted molar refractivity (Wildman–Crippen MR) is 112 cm³/mol. The van der Waals surface area contributed by atoms with Crippen molar-refractivity contribution >= 4 is 11.7 Å². The van der Waals surface area contributed by atoms with Gasteiger partial charge in [-0.25, -0.2) is 4.79 Å². The Morgan fingerprint density at radius 2 is 1.72 bits per heavy atom. The lowest BCUT2D eigenvalue weighted by atomic mass is 10.0. The zero-order valence-electron chi connectivity index (χ0n) is 16.6. The fraction of sp³-hybridized carbons (Fsp3) is 0.409. The van der Waals surface area contributed by atoms with Crippen molar-refractivity contribution in [2.45, 2.75) is 30.8 Å².